The molecule has 4 fully saturated rings. The standard InChI is InChI=1S/C24H31N3O2/c1-24(2,14-22-26-23(27-29-22)21-5-3-4-6-25-21)13-19(28)12-20-17-8-15-7-16(10-17)11-18(20)9-15/h3-6,15-18,20H,7-14H2,1-2H3. The van der Waals surface area contributed by atoms with Gasteiger partial charge >= 0.3 is 0 Å². The minimum Gasteiger partial charge on any atom is -0.339 e. The summed E-state index contributed by atoms with van der Waals surface area (Å²) in [5, 5.41) is 4.06. The fourth-order valence-corrected chi connectivity index (χ4v) is 6.64. The van der Waals surface area contributed by atoms with Gasteiger partial charge in [-0.3, -0.25) is 9.78 Å². The topological polar surface area (TPSA) is 68.9 Å². The van der Waals surface area contributed by atoms with Crippen LogP contribution in [-0.4, -0.2) is 20.9 Å². The summed E-state index contributed by atoms with van der Waals surface area (Å²) in [6.45, 7) is 4.26. The Labute approximate surface area is 172 Å². The molecule has 0 aliphatic heterocycles. The van der Waals surface area contributed by atoms with Crippen molar-refractivity contribution in [2.24, 2.45) is 35.0 Å². The lowest BCUT2D eigenvalue weighted by Gasteiger charge is -2.54. The summed E-state index contributed by atoms with van der Waals surface area (Å²) in [4.78, 5) is 21.8. The van der Waals surface area contributed by atoms with E-state index in [-0.39, 0.29) is 5.41 Å². The SMILES string of the molecule is CC(C)(CC(=O)CC1C2CC3CC(C2)CC1C3)Cc1nc(-c2ccccn2)no1. The third-order valence-corrected chi connectivity index (χ3v) is 7.55. The van der Waals surface area contributed by atoms with E-state index in [1.807, 2.05) is 18.2 Å². The number of ketones is 1. The number of carbonyl (C=O) groups excluding carboxylic acids is 1. The molecule has 2 aromatic rings. The van der Waals surface area contributed by atoms with E-state index in [0.717, 1.165) is 30.1 Å². The van der Waals surface area contributed by atoms with Gasteiger partial charge in [0.05, 0.1) is 0 Å². The summed E-state index contributed by atoms with van der Waals surface area (Å²) in [6.07, 6.45) is 10.7. The second kappa shape index (κ2) is 7.33. The molecule has 0 N–H and O–H groups in total. The molecule has 0 amide bonds. The van der Waals surface area contributed by atoms with Crippen molar-refractivity contribution in [3.63, 3.8) is 0 Å². The Bertz CT molecular complexity index is 845. The predicted octanol–water partition coefficient (Wildman–Crippen LogP) is 5.12. The first-order valence-electron chi connectivity index (χ1n) is 11.2. The molecule has 4 saturated carbocycles. The summed E-state index contributed by atoms with van der Waals surface area (Å²) in [5.74, 6) is 5.71. The van der Waals surface area contributed by atoms with Crippen LogP contribution in [0.1, 0.15) is 64.7 Å². The van der Waals surface area contributed by atoms with Crippen LogP contribution in [0.4, 0.5) is 0 Å². The number of hydrogen-bond donors (Lipinski definition) is 0. The van der Waals surface area contributed by atoms with E-state index in [1.54, 1.807) is 6.20 Å². The fraction of sp³-hybridized carbons (Fsp3) is 0.667. The van der Waals surface area contributed by atoms with Crippen molar-refractivity contribution in [1.29, 1.82) is 0 Å². The number of nitrogens with zero attached hydrogens (tertiary/aromatic N) is 3. The Morgan fingerprint density at radius 3 is 2.48 bits per heavy atom. The first-order valence-corrected chi connectivity index (χ1v) is 11.2. The maximum absolute atomic E-state index is 13.0. The summed E-state index contributed by atoms with van der Waals surface area (Å²) in [7, 11) is 0. The van der Waals surface area contributed by atoms with Crippen molar-refractivity contribution >= 4 is 5.78 Å². The van der Waals surface area contributed by atoms with Gasteiger partial charge in [-0.1, -0.05) is 25.1 Å². The molecule has 0 unspecified atom stereocenters. The third kappa shape index (κ3) is 4.01. The monoisotopic (exact) mass is 393 g/mol. The normalized spacial score (nSPS) is 30.6. The van der Waals surface area contributed by atoms with Crippen LogP contribution in [0, 0.1) is 35.0 Å². The van der Waals surface area contributed by atoms with Gasteiger partial charge in [-0.15, -0.1) is 0 Å². The summed E-state index contributed by atoms with van der Waals surface area (Å²) < 4.78 is 5.45. The van der Waals surface area contributed by atoms with Gasteiger partial charge in [0.25, 0.3) is 0 Å². The van der Waals surface area contributed by atoms with Crippen LogP contribution in [0.15, 0.2) is 28.9 Å². The van der Waals surface area contributed by atoms with E-state index in [1.165, 1.54) is 32.1 Å². The fourth-order valence-electron chi connectivity index (χ4n) is 6.64. The number of carbonyl (C=O) groups is 1. The second-order valence-corrected chi connectivity index (χ2v) is 10.6. The van der Waals surface area contributed by atoms with E-state index in [9.17, 15) is 4.79 Å². The van der Waals surface area contributed by atoms with Crippen molar-refractivity contribution in [2.75, 3.05) is 0 Å². The Balaban J connectivity index is 1.19. The number of hydrogen-bond acceptors (Lipinski definition) is 5. The van der Waals surface area contributed by atoms with Crippen LogP contribution >= 0.6 is 0 Å². The zero-order chi connectivity index (χ0) is 20.0. The quantitative estimate of drug-likeness (QED) is 0.653. The summed E-state index contributed by atoms with van der Waals surface area (Å²) in [5.41, 5.74) is 0.523. The van der Waals surface area contributed by atoms with Crippen LogP contribution in [0.3, 0.4) is 0 Å². The molecule has 29 heavy (non-hydrogen) atoms. The highest BCUT2D eigenvalue weighted by Crippen LogP contribution is 2.57. The maximum atomic E-state index is 13.0. The number of aromatic nitrogens is 3. The smallest absolute Gasteiger partial charge is 0.227 e. The molecular weight excluding hydrogens is 362 g/mol. The van der Waals surface area contributed by atoms with Crippen molar-refractivity contribution in [3.8, 4) is 11.5 Å². The molecule has 2 aromatic heterocycles. The molecular formula is C24H31N3O2. The lowest BCUT2D eigenvalue weighted by molar-refractivity contribution is -0.126. The molecule has 5 nitrogen and oxygen atoms in total. The van der Waals surface area contributed by atoms with Crippen LogP contribution in [0.5, 0.6) is 0 Å². The summed E-state index contributed by atoms with van der Waals surface area (Å²) >= 11 is 0. The molecule has 4 aliphatic carbocycles. The van der Waals surface area contributed by atoms with Crippen molar-refractivity contribution < 1.29 is 9.32 Å². The van der Waals surface area contributed by atoms with E-state index in [0.29, 0.717) is 42.0 Å². The lowest BCUT2D eigenvalue weighted by atomic mass is 9.51. The molecule has 0 spiro atoms. The van der Waals surface area contributed by atoms with Gasteiger partial charge in [0.15, 0.2) is 0 Å². The molecule has 0 radical (unpaired) electrons. The van der Waals surface area contributed by atoms with Crippen LogP contribution in [0.2, 0.25) is 0 Å². The number of rotatable bonds is 7. The first kappa shape index (κ1) is 19.0. The van der Waals surface area contributed by atoms with E-state index < -0.39 is 0 Å². The first-order chi connectivity index (χ1) is 13.9. The van der Waals surface area contributed by atoms with Gasteiger partial charge in [0, 0.05) is 25.5 Å². The van der Waals surface area contributed by atoms with Crippen molar-refractivity contribution in [1.82, 2.24) is 15.1 Å². The molecule has 5 heteroatoms. The molecule has 4 bridgehead atoms. The Hall–Kier alpha value is -2.04. The van der Waals surface area contributed by atoms with Crippen LogP contribution in [0.25, 0.3) is 11.5 Å². The average molecular weight is 394 g/mol. The van der Waals surface area contributed by atoms with Gasteiger partial charge in [-0.05, 0) is 79.2 Å². The van der Waals surface area contributed by atoms with Gasteiger partial charge in [-0.25, -0.2) is 0 Å². The number of pyridine rings is 1. The Morgan fingerprint density at radius 1 is 1.10 bits per heavy atom. The van der Waals surface area contributed by atoms with Gasteiger partial charge < -0.3 is 4.52 Å². The van der Waals surface area contributed by atoms with E-state index in [4.69, 9.17) is 4.52 Å². The van der Waals surface area contributed by atoms with E-state index >= 15 is 0 Å². The molecule has 2 heterocycles. The molecule has 0 atom stereocenters. The van der Waals surface area contributed by atoms with Gasteiger partial charge in [0.2, 0.25) is 11.7 Å². The van der Waals surface area contributed by atoms with Crippen molar-refractivity contribution in [3.05, 3.63) is 30.3 Å². The Kier molecular flexibility index (Phi) is 4.79. The highest BCUT2D eigenvalue weighted by Gasteiger charge is 2.48. The van der Waals surface area contributed by atoms with Crippen molar-refractivity contribution in [2.45, 2.75) is 65.2 Å². The third-order valence-electron chi connectivity index (χ3n) is 7.55. The molecule has 6 rings (SSSR count). The highest BCUT2D eigenvalue weighted by atomic mass is 16.5. The zero-order valence-electron chi connectivity index (χ0n) is 17.5. The molecule has 4 aliphatic rings. The van der Waals surface area contributed by atoms with Gasteiger partial charge in [0.1, 0.15) is 11.5 Å². The average Bonchev–Trinajstić information content (AvgIpc) is 3.12. The predicted molar refractivity (Wildman–Crippen MR) is 110 cm³/mol. The second-order valence-electron chi connectivity index (χ2n) is 10.6. The molecule has 0 aromatic carbocycles. The number of Topliss-reactive ketones (excluding diaryl/α,β-unsaturated/α-hetero) is 1. The Morgan fingerprint density at radius 2 is 1.83 bits per heavy atom. The van der Waals surface area contributed by atoms with E-state index in [2.05, 4.69) is 29.0 Å². The van der Waals surface area contributed by atoms with Gasteiger partial charge in [-0.2, -0.15) is 4.98 Å². The largest absolute Gasteiger partial charge is 0.339 e. The maximum Gasteiger partial charge on any atom is 0.227 e. The zero-order valence-corrected chi connectivity index (χ0v) is 17.5. The summed E-state index contributed by atoms with van der Waals surface area (Å²) in [6, 6.07) is 5.64. The molecule has 154 valence electrons. The van der Waals surface area contributed by atoms with Crippen LogP contribution < -0.4 is 0 Å². The minimum atomic E-state index is -0.184. The lowest BCUT2D eigenvalue weighted by Crippen LogP contribution is -2.45. The van der Waals surface area contributed by atoms with Crippen LogP contribution in [-0.2, 0) is 11.2 Å². The molecule has 0 saturated heterocycles. The minimum absolute atomic E-state index is 0.184. The highest BCUT2D eigenvalue weighted by molar-refractivity contribution is 5.79.